The Labute approximate surface area is 128 Å². The third-order valence-corrected chi connectivity index (χ3v) is 2.82. The van der Waals surface area contributed by atoms with Crippen LogP contribution in [0.15, 0.2) is 18.2 Å². The summed E-state index contributed by atoms with van der Waals surface area (Å²) in [5.74, 6) is 0.305. The van der Waals surface area contributed by atoms with Crippen molar-refractivity contribution in [3.05, 3.63) is 34.8 Å². The van der Waals surface area contributed by atoms with Gasteiger partial charge >= 0.3 is 6.20 Å². The van der Waals surface area contributed by atoms with E-state index in [4.69, 9.17) is 9.47 Å². The minimum absolute atomic E-state index is 0.0813. The van der Waals surface area contributed by atoms with E-state index in [1.54, 1.807) is 13.0 Å². The van der Waals surface area contributed by atoms with Crippen molar-refractivity contribution in [1.82, 2.24) is 10.2 Å². The number of ether oxygens (including phenoxy) is 2. The molecule has 0 amide bonds. The zero-order valence-electron chi connectivity index (χ0n) is 12.5. The molecule has 0 atom stereocenters. The second kappa shape index (κ2) is 7.39. The van der Waals surface area contributed by atoms with Crippen molar-refractivity contribution in [1.29, 1.82) is 0 Å². The van der Waals surface area contributed by atoms with Crippen molar-refractivity contribution in [2.75, 3.05) is 13.2 Å². The molecule has 0 spiro atoms. The maximum absolute atomic E-state index is 12.0. The van der Waals surface area contributed by atoms with Gasteiger partial charge in [-0.15, -0.1) is 0 Å². The topological polar surface area (TPSA) is 98.1 Å². The van der Waals surface area contributed by atoms with Gasteiger partial charge in [0, 0.05) is 18.2 Å². The van der Waals surface area contributed by atoms with Gasteiger partial charge in [-0.25, -0.2) is 0 Å². The summed E-state index contributed by atoms with van der Waals surface area (Å²) < 4.78 is 10.6. The lowest BCUT2D eigenvalue weighted by Gasteiger charge is -2.08. The van der Waals surface area contributed by atoms with E-state index in [9.17, 15) is 10.4 Å². The summed E-state index contributed by atoms with van der Waals surface area (Å²) in [6, 6.07) is 4.46. The molecule has 0 bridgehead atoms. The first-order chi connectivity index (χ1) is 10.7. The second-order valence-electron chi connectivity index (χ2n) is 4.43. The number of rotatable bonds is 7. The molecule has 22 heavy (non-hydrogen) atoms. The van der Waals surface area contributed by atoms with Crippen molar-refractivity contribution in [2.24, 2.45) is 0 Å². The molecule has 2 aromatic rings. The minimum Gasteiger partial charge on any atom is -0.594 e. The number of hydrogen-bond acceptors (Lipinski definition) is 6. The minimum atomic E-state index is 0.0813. The van der Waals surface area contributed by atoms with Crippen LogP contribution in [-0.2, 0) is 0 Å². The molecule has 0 saturated carbocycles. The highest BCUT2D eigenvalue weighted by Gasteiger charge is 2.21. The van der Waals surface area contributed by atoms with Crippen molar-refractivity contribution >= 4 is 0 Å². The van der Waals surface area contributed by atoms with E-state index >= 15 is 0 Å². The zero-order valence-corrected chi connectivity index (χ0v) is 12.5. The molecule has 2 aromatic heterocycles. The highest BCUT2D eigenvalue weighted by Crippen LogP contribution is 2.24. The molecule has 0 aliphatic rings. The summed E-state index contributed by atoms with van der Waals surface area (Å²) in [6.07, 6.45) is 4.11. The van der Waals surface area contributed by atoms with Gasteiger partial charge in [-0.1, -0.05) is 13.3 Å². The molecule has 0 unspecified atom stereocenters. The van der Waals surface area contributed by atoms with Crippen LogP contribution in [0.3, 0.4) is 0 Å². The fourth-order valence-electron chi connectivity index (χ4n) is 1.76. The SMILES string of the molecule is CCCCOc1n[n+]([O-])[c]cc1-c1ccc(OCC)n[n+]1[O-]. The van der Waals surface area contributed by atoms with Crippen LogP contribution < -0.4 is 19.2 Å². The Morgan fingerprint density at radius 1 is 1.18 bits per heavy atom. The maximum Gasteiger partial charge on any atom is 0.320 e. The summed E-state index contributed by atoms with van der Waals surface area (Å²) in [5, 5.41) is 30.8. The normalized spacial score (nSPS) is 10.5. The molecule has 0 N–H and O–H groups in total. The number of nitrogens with zero attached hydrogens (tertiary/aromatic N) is 4. The summed E-state index contributed by atoms with van der Waals surface area (Å²) in [5.41, 5.74) is 0.563. The van der Waals surface area contributed by atoms with Crippen LogP contribution in [-0.4, -0.2) is 23.4 Å². The van der Waals surface area contributed by atoms with Gasteiger partial charge in [0.2, 0.25) is 0 Å². The monoisotopic (exact) mass is 305 g/mol. The van der Waals surface area contributed by atoms with E-state index in [0.29, 0.717) is 23.6 Å². The van der Waals surface area contributed by atoms with E-state index in [2.05, 4.69) is 16.4 Å². The van der Waals surface area contributed by atoms with Crippen LogP contribution in [0.25, 0.3) is 11.3 Å². The molecule has 8 heteroatoms. The Bertz CT molecular complexity index is 636. The Hall–Kier alpha value is -2.64. The van der Waals surface area contributed by atoms with E-state index in [1.165, 1.54) is 12.1 Å². The van der Waals surface area contributed by atoms with Gasteiger partial charge in [0.15, 0.2) is 0 Å². The lowest BCUT2D eigenvalue weighted by atomic mass is 10.2. The van der Waals surface area contributed by atoms with Crippen molar-refractivity contribution < 1.29 is 19.2 Å². The molecule has 0 saturated heterocycles. The summed E-state index contributed by atoms with van der Waals surface area (Å²) in [6.45, 7) is 4.64. The molecule has 8 nitrogen and oxygen atoms in total. The standard InChI is InChI=1S/C14H17N4O4/c1-3-5-10-22-14-11(8-9-17(19)16-14)12-6-7-13(21-4-2)15-18(12)20/h6-8H,3-5,10H2,1-2H3. The molecule has 0 aliphatic heterocycles. The molecule has 0 aromatic carbocycles. The van der Waals surface area contributed by atoms with Gasteiger partial charge in [-0.3, -0.25) is 0 Å². The predicted octanol–water partition coefficient (Wildman–Crippen LogP) is 0.788. The molecular formula is C14H17N4O4. The molecule has 0 fully saturated rings. The lowest BCUT2D eigenvalue weighted by Crippen LogP contribution is -2.36. The van der Waals surface area contributed by atoms with Crippen LogP contribution in [0.2, 0.25) is 0 Å². The molecule has 2 rings (SSSR count). The third-order valence-electron chi connectivity index (χ3n) is 2.82. The predicted molar refractivity (Wildman–Crippen MR) is 75.8 cm³/mol. The van der Waals surface area contributed by atoms with Crippen LogP contribution >= 0.6 is 0 Å². The van der Waals surface area contributed by atoms with Gasteiger partial charge in [0.25, 0.3) is 17.5 Å². The Morgan fingerprint density at radius 2 is 2.00 bits per heavy atom. The second-order valence-corrected chi connectivity index (χ2v) is 4.43. The van der Waals surface area contributed by atoms with Gasteiger partial charge in [-0.2, -0.15) is 0 Å². The number of aromatic nitrogens is 4. The van der Waals surface area contributed by atoms with Crippen molar-refractivity contribution in [3.8, 4) is 23.0 Å². The lowest BCUT2D eigenvalue weighted by molar-refractivity contribution is -0.674. The molecule has 1 radical (unpaired) electrons. The van der Waals surface area contributed by atoms with E-state index in [-0.39, 0.29) is 22.3 Å². The quantitative estimate of drug-likeness (QED) is 0.426. The van der Waals surface area contributed by atoms with E-state index in [1.807, 2.05) is 6.92 Å². The molecular weight excluding hydrogens is 288 g/mol. The average Bonchev–Trinajstić information content (AvgIpc) is 2.49. The molecule has 2 heterocycles. The Balaban J connectivity index is 2.34. The average molecular weight is 305 g/mol. The van der Waals surface area contributed by atoms with Crippen LogP contribution in [0.5, 0.6) is 11.8 Å². The summed E-state index contributed by atoms with van der Waals surface area (Å²) >= 11 is 0. The number of unbranched alkanes of at least 4 members (excludes halogenated alkanes) is 1. The van der Waals surface area contributed by atoms with Crippen LogP contribution in [0.1, 0.15) is 26.7 Å². The highest BCUT2D eigenvalue weighted by atomic mass is 16.5. The zero-order chi connectivity index (χ0) is 15.9. The Morgan fingerprint density at radius 3 is 2.68 bits per heavy atom. The largest absolute Gasteiger partial charge is 0.594 e. The van der Waals surface area contributed by atoms with Gasteiger partial charge in [0.05, 0.1) is 23.4 Å². The maximum atomic E-state index is 12.0. The fraction of sp³-hybridized carbons (Fsp3) is 0.429. The summed E-state index contributed by atoms with van der Waals surface area (Å²) in [7, 11) is 0. The smallest absolute Gasteiger partial charge is 0.320 e. The number of hydrogen-bond donors (Lipinski definition) is 0. The first-order valence-electron chi connectivity index (χ1n) is 7.05. The van der Waals surface area contributed by atoms with Gasteiger partial charge < -0.3 is 19.9 Å². The van der Waals surface area contributed by atoms with Gasteiger partial charge in [0.1, 0.15) is 5.56 Å². The third kappa shape index (κ3) is 3.72. The first kappa shape index (κ1) is 15.7. The van der Waals surface area contributed by atoms with E-state index in [0.717, 1.165) is 12.8 Å². The molecule has 0 aliphatic carbocycles. The van der Waals surface area contributed by atoms with E-state index < -0.39 is 0 Å². The first-order valence-corrected chi connectivity index (χ1v) is 7.05. The molecule has 117 valence electrons. The van der Waals surface area contributed by atoms with Crippen LogP contribution in [0, 0.1) is 16.6 Å². The van der Waals surface area contributed by atoms with Crippen LogP contribution in [0.4, 0.5) is 0 Å². The van der Waals surface area contributed by atoms with Crippen molar-refractivity contribution in [3.63, 3.8) is 0 Å². The Kier molecular flexibility index (Phi) is 5.29. The van der Waals surface area contributed by atoms with Gasteiger partial charge in [-0.05, 0) is 23.0 Å². The summed E-state index contributed by atoms with van der Waals surface area (Å²) in [4.78, 5) is 0.680. The fourth-order valence-corrected chi connectivity index (χ4v) is 1.76. The highest BCUT2D eigenvalue weighted by molar-refractivity contribution is 5.61. The van der Waals surface area contributed by atoms with Crippen molar-refractivity contribution in [2.45, 2.75) is 26.7 Å².